The summed E-state index contributed by atoms with van der Waals surface area (Å²) in [6.07, 6.45) is 0. The number of ether oxygens (including phenoxy) is 2. The van der Waals surface area contributed by atoms with Gasteiger partial charge in [0, 0.05) is 12.3 Å². The number of amides is 1. The van der Waals surface area contributed by atoms with E-state index in [0.717, 1.165) is 0 Å². The summed E-state index contributed by atoms with van der Waals surface area (Å²) in [5, 5.41) is 0. The Morgan fingerprint density at radius 3 is 2.36 bits per heavy atom. The van der Waals surface area contributed by atoms with Crippen LogP contribution in [0.3, 0.4) is 0 Å². The van der Waals surface area contributed by atoms with Crippen LogP contribution in [0.4, 0.5) is 0 Å². The van der Waals surface area contributed by atoms with Gasteiger partial charge in [-0.2, -0.15) is 0 Å². The lowest BCUT2D eigenvalue weighted by atomic mass is 9.83. The smallest absolute Gasteiger partial charge is 0.338 e. The van der Waals surface area contributed by atoms with Gasteiger partial charge in [0.15, 0.2) is 8.95 Å². The standard InChI is InChI=1S/C17H15NO5S2/c1-22-13(19)11-12(14(20)23-2)17-18(8-9-24-17)15(21)16(11,25-17)10-6-4-3-5-7-10/h3-7H,8-9H2,1-2H3. The minimum absolute atomic E-state index is 0.0914. The predicted octanol–water partition coefficient (Wildman–Crippen LogP) is 1.51. The van der Waals surface area contributed by atoms with E-state index in [1.54, 1.807) is 17.0 Å². The van der Waals surface area contributed by atoms with Gasteiger partial charge in [-0.05, 0) is 5.56 Å². The highest BCUT2D eigenvalue weighted by atomic mass is 32.2. The van der Waals surface area contributed by atoms with Crippen molar-refractivity contribution in [3.05, 3.63) is 47.0 Å². The first-order valence-electron chi connectivity index (χ1n) is 7.66. The van der Waals surface area contributed by atoms with Crippen molar-refractivity contribution < 1.29 is 23.9 Å². The van der Waals surface area contributed by atoms with Gasteiger partial charge in [0.05, 0.1) is 25.4 Å². The van der Waals surface area contributed by atoms with Gasteiger partial charge in [-0.3, -0.25) is 4.79 Å². The molecule has 4 rings (SSSR count). The molecule has 3 aliphatic rings. The number of benzene rings is 1. The number of hydrogen-bond acceptors (Lipinski definition) is 7. The topological polar surface area (TPSA) is 72.9 Å². The Bertz CT molecular complexity index is 824. The third kappa shape index (κ3) is 1.86. The number of methoxy groups -OCH3 is 2. The Kier molecular flexibility index (Phi) is 3.66. The Hall–Kier alpha value is -1.93. The molecule has 1 amide bonds. The second-order valence-corrected chi connectivity index (χ2v) is 8.72. The highest BCUT2D eigenvalue weighted by Gasteiger charge is 2.75. The molecule has 25 heavy (non-hydrogen) atoms. The molecule has 2 fully saturated rings. The minimum Gasteiger partial charge on any atom is -0.466 e. The zero-order chi connectivity index (χ0) is 17.8. The molecule has 3 aliphatic heterocycles. The van der Waals surface area contributed by atoms with Gasteiger partial charge in [-0.25, -0.2) is 9.59 Å². The van der Waals surface area contributed by atoms with Gasteiger partial charge in [0.2, 0.25) is 5.91 Å². The summed E-state index contributed by atoms with van der Waals surface area (Å²) in [5.41, 5.74) is 0.977. The van der Waals surface area contributed by atoms with E-state index in [9.17, 15) is 14.4 Å². The number of rotatable bonds is 3. The normalized spacial score (nSPS) is 29.8. The van der Waals surface area contributed by atoms with E-state index < -0.39 is 20.9 Å². The highest BCUT2D eigenvalue weighted by Crippen LogP contribution is 2.72. The second kappa shape index (κ2) is 5.54. The van der Waals surface area contributed by atoms with E-state index in [0.29, 0.717) is 17.9 Å². The molecule has 1 aromatic carbocycles. The zero-order valence-corrected chi connectivity index (χ0v) is 15.2. The maximum atomic E-state index is 13.4. The molecule has 0 aliphatic carbocycles. The van der Waals surface area contributed by atoms with Crippen LogP contribution in [-0.4, -0.2) is 53.5 Å². The number of esters is 2. The first kappa shape index (κ1) is 16.5. The van der Waals surface area contributed by atoms with Crippen LogP contribution in [0.5, 0.6) is 0 Å². The fourth-order valence-corrected chi connectivity index (χ4v) is 7.49. The van der Waals surface area contributed by atoms with Crippen molar-refractivity contribution in [2.24, 2.45) is 0 Å². The van der Waals surface area contributed by atoms with Gasteiger partial charge in [-0.1, -0.05) is 42.1 Å². The van der Waals surface area contributed by atoms with Crippen LogP contribution in [0.1, 0.15) is 5.56 Å². The molecule has 0 N–H and O–H groups in total. The van der Waals surface area contributed by atoms with Gasteiger partial charge in [-0.15, -0.1) is 11.8 Å². The molecular weight excluding hydrogens is 362 g/mol. The number of carbonyl (C=O) groups is 3. The molecule has 130 valence electrons. The lowest BCUT2D eigenvalue weighted by molar-refractivity contribution is -0.143. The summed E-state index contributed by atoms with van der Waals surface area (Å²) < 4.78 is 7.72. The SMILES string of the molecule is COC(=O)C1=C(C(=O)OC)C23SCCN2C(=O)C1(c1ccccc1)S3. The predicted molar refractivity (Wildman–Crippen MR) is 93.7 cm³/mol. The average molecular weight is 377 g/mol. The van der Waals surface area contributed by atoms with Crippen molar-refractivity contribution >= 4 is 41.4 Å². The van der Waals surface area contributed by atoms with E-state index in [2.05, 4.69) is 0 Å². The van der Waals surface area contributed by atoms with E-state index >= 15 is 0 Å². The molecule has 6 nitrogen and oxygen atoms in total. The molecule has 0 saturated carbocycles. The summed E-state index contributed by atoms with van der Waals surface area (Å²) in [6, 6.07) is 9.06. The maximum absolute atomic E-state index is 13.4. The summed E-state index contributed by atoms with van der Waals surface area (Å²) in [4.78, 5) is 40.3. The van der Waals surface area contributed by atoms with E-state index in [1.807, 2.05) is 18.2 Å². The van der Waals surface area contributed by atoms with Crippen molar-refractivity contribution in [1.82, 2.24) is 4.90 Å². The molecule has 8 heteroatoms. The van der Waals surface area contributed by atoms with Crippen LogP contribution in [0, 0.1) is 0 Å². The molecule has 3 heterocycles. The van der Waals surface area contributed by atoms with Crippen molar-refractivity contribution in [3.8, 4) is 0 Å². The summed E-state index contributed by atoms with van der Waals surface area (Å²) in [5.74, 6) is -0.757. The molecular formula is C17H15NO5S2. The van der Waals surface area contributed by atoms with Crippen LogP contribution in [0.2, 0.25) is 0 Å². The van der Waals surface area contributed by atoms with Crippen LogP contribution in [0.25, 0.3) is 0 Å². The van der Waals surface area contributed by atoms with Crippen LogP contribution in [-0.2, 0) is 28.6 Å². The Morgan fingerprint density at radius 2 is 1.72 bits per heavy atom. The zero-order valence-electron chi connectivity index (χ0n) is 13.6. The van der Waals surface area contributed by atoms with Crippen molar-refractivity contribution in [2.45, 2.75) is 8.95 Å². The van der Waals surface area contributed by atoms with Crippen molar-refractivity contribution in [2.75, 3.05) is 26.5 Å². The molecule has 0 aromatic heterocycles. The van der Waals surface area contributed by atoms with Crippen molar-refractivity contribution in [3.63, 3.8) is 0 Å². The van der Waals surface area contributed by atoms with E-state index in [4.69, 9.17) is 9.47 Å². The Morgan fingerprint density at radius 1 is 1.08 bits per heavy atom. The highest BCUT2D eigenvalue weighted by molar-refractivity contribution is 8.20. The summed E-state index contributed by atoms with van der Waals surface area (Å²) in [7, 11) is 2.53. The van der Waals surface area contributed by atoms with Gasteiger partial charge in [0.1, 0.15) is 0 Å². The number of nitrogens with zero attached hydrogens (tertiary/aromatic N) is 1. The first-order valence-corrected chi connectivity index (χ1v) is 9.46. The molecule has 2 atom stereocenters. The van der Waals surface area contributed by atoms with Gasteiger partial charge >= 0.3 is 11.9 Å². The van der Waals surface area contributed by atoms with Gasteiger partial charge < -0.3 is 14.4 Å². The van der Waals surface area contributed by atoms with Crippen LogP contribution >= 0.6 is 23.5 Å². The van der Waals surface area contributed by atoms with E-state index in [-0.39, 0.29) is 17.1 Å². The molecule has 2 saturated heterocycles. The fourth-order valence-electron chi connectivity index (χ4n) is 3.69. The quantitative estimate of drug-likeness (QED) is 0.740. The molecule has 1 aromatic rings. The second-order valence-electron chi connectivity index (χ2n) is 5.77. The number of hydrogen-bond donors (Lipinski definition) is 0. The minimum atomic E-state index is -1.27. The summed E-state index contributed by atoms with van der Waals surface area (Å²) in [6.45, 7) is 0.528. The lowest BCUT2D eigenvalue weighted by Crippen LogP contribution is -2.50. The van der Waals surface area contributed by atoms with Crippen molar-refractivity contribution in [1.29, 1.82) is 0 Å². The number of fused-ring (bicyclic) bond motifs is 1. The Balaban J connectivity index is 2.06. The monoisotopic (exact) mass is 377 g/mol. The third-order valence-corrected chi connectivity index (χ3v) is 8.11. The number of carbonyl (C=O) groups excluding carboxylic acids is 3. The average Bonchev–Trinajstić information content (AvgIpc) is 3.27. The molecule has 2 bridgehead atoms. The largest absolute Gasteiger partial charge is 0.466 e. The fraction of sp³-hybridized carbons (Fsp3) is 0.353. The maximum Gasteiger partial charge on any atom is 0.338 e. The number of thioether (sulfide) groups is 2. The molecule has 0 radical (unpaired) electrons. The Labute approximate surface area is 152 Å². The molecule has 2 unspecified atom stereocenters. The van der Waals surface area contributed by atoms with Crippen LogP contribution < -0.4 is 0 Å². The van der Waals surface area contributed by atoms with Crippen LogP contribution in [0.15, 0.2) is 41.5 Å². The van der Waals surface area contributed by atoms with Gasteiger partial charge in [0.25, 0.3) is 0 Å². The first-order chi connectivity index (χ1) is 12.0. The summed E-state index contributed by atoms with van der Waals surface area (Å²) >= 11 is 2.81. The van der Waals surface area contributed by atoms with E-state index in [1.165, 1.54) is 37.7 Å². The molecule has 1 spiro atoms. The lowest BCUT2D eigenvalue weighted by Gasteiger charge is -2.33. The third-order valence-electron chi connectivity index (χ3n) is 4.68.